The number of aromatic carboxylic acids is 1. The standard InChI is InChI=1S/C15H24N2O4S2/c1-11-5-4-6-17(8-11)15(2,3)10-16-23(20,21)13-7-12(9-22-13)14(18)19/h7,9,11,16H,4-6,8,10H2,1-3H3,(H,18,19). The molecule has 1 atom stereocenters. The van der Waals surface area contributed by atoms with Gasteiger partial charge in [-0.05, 0) is 45.2 Å². The van der Waals surface area contributed by atoms with Gasteiger partial charge in [0.05, 0.1) is 5.56 Å². The van der Waals surface area contributed by atoms with Crippen molar-refractivity contribution in [2.24, 2.45) is 5.92 Å². The van der Waals surface area contributed by atoms with Crippen LogP contribution in [0.25, 0.3) is 0 Å². The predicted molar refractivity (Wildman–Crippen MR) is 90.5 cm³/mol. The first-order valence-corrected chi connectivity index (χ1v) is 10.0. The fourth-order valence-electron chi connectivity index (χ4n) is 2.76. The highest BCUT2D eigenvalue weighted by atomic mass is 32.2. The van der Waals surface area contributed by atoms with Gasteiger partial charge in [-0.3, -0.25) is 4.90 Å². The van der Waals surface area contributed by atoms with Crippen LogP contribution in [0.3, 0.4) is 0 Å². The molecule has 1 saturated heterocycles. The molecule has 2 rings (SSSR count). The van der Waals surface area contributed by atoms with Gasteiger partial charge >= 0.3 is 5.97 Å². The third kappa shape index (κ3) is 4.53. The van der Waals surface area contributed by atoms with Crippen LogP contribution in [0.15, 0.2) is 15.7 Å². The van der Waals surface area contributed by atoms with Gasteiger partial charge in [-0.15, -0.1) is 11.3 Å². The Morgan fingerprint density at radius 1 is 1.52 bits per heavy atom. The van der Waals surface area contributed by atoms with Crippen LogP contribution in [0.4, 0.5) is 0 Å². The topological polar surface area (TPSA) is 86.7 Å². The molecule has 1 fully saturated rings. The van der Waals surface area contributed by atoms with Gasteiger partial charge in [0.1, 0.15) is 4.21 Å². The van der Waals surface area contributed by atoms with Crippen LogP contribution >= 0.6 is 11.3 Å². The molecular weight excluding hydrogens is 336 g/mol. The van der Waals surface area contributed by atoms with Gasteiger partial charge in [-0.1, -0.05) is 6.92 Å². The van der Waals surface area contributed by atoms with Crippen molar-refractivity contribution in [3.05, 3.63) is 17.0 Å². The maximum Gasteiger partial charge on any atom is 0.336 e. The van der Waals surface area contributed by atoms with Crippen LogP contribution in [-0.4, -0.2) is 49.6 Å². The minimum Gasteiger partial charge on any atom is -0.478 e. The molecule has 0 amide bonds. The van der Waals surface area contributed by atoms with Crippen molar-refractivity contribution in [2.75, 3.05) is 19.6 Å². The monoisotopic (exact) mass is 360 g/mol. The Kier molecular flexibility index (Phi) is 5.50. The van der Waals surface area contributed by atoms with E-state index in [0.717, 1.165) is 30.8 Å². The third-order valence-electron chi connectivity index (χ3n) is 4.30. The van der Waals surface area contributed by atoms with Gasteiger partial charge in [0.15, 0.2) is 0 Å². The molecule has 1 aliphatic heterocycles. The number of hydrogen-bond acceptors (Lipinski definition) is 5. The average molecular weight is 361 g/mol. The Bertz CT molecular complexity index is 667. The summed E-state index contributed by atoms with van der Waals surface area (Å²) in [7, 11) is -3.68. The Hall–Kier alpha value is -0.960. The van der Waals surface area contributed by atoms with Crippen molar-refractivity contribution < 1.29 is 18.3 Å². The Balaban J connectivity index is 2.03. The molecular formula is C15H24N2O4S2. The number of thiophene rings is 1. The van der Waals surface area contributed by atoms with Crippen molar-refractivity contribution in [3.8, 4) is 0 Å². The first kappa shape index (κ1) is 18.4. The third-order valence-corrected chi connectivity index (χ3v) is 7.14. The maximum absolute atomic E-state index is 12.3. The summed E-state index contributed by atoms with van der Waals surface area (Å²) >= 11 is 0.926. The number of piperidine rings is 1. The van der Waals surface area contributed by atoms with E-state index in [1.807, 2.05) is 13.8 Å². The molecule has 1 aromatic heterocycles. The predicted octanol–water partition coefficient (Wildman–Crippen LogP) is 2.24. The molecule has 0 aromatic carbocycles. The van der Waals surface area contributed by atoms with Gasteiger partial charge in [0.2, 0.25) is 10.0 Å². The lowest BCUT2D eigenvalue weighted by molar-refractivity contribution is 0.0697. The number of carboxylic acid groups (broad SMARTS) is 1. The zero-order valence-corrected chi connectivity index (χ0v) is 15.3. The van der Waals surface area contributed by atoms with Gasteiger partial charge in [-0.25, -0.2) is 17.9 Å². The molecule has 0 saturated carbocycles. The molecule has 6 nitrogen and oxygen atoms in total. The summed E-state index contributed by atoms with van der Waals surface area (Å²) in [6.45, 7) is 8.52. The molecule has 0 spiro atoms. The zero-order chi connectivity index (χ0) is 17.3. The molecule has 23 heavy (non-hydrogen) atoms. The minimum atomic E-state index is -3.68. The van der Waals surface area contributed by atoms with E-state index in [2.05, 4.69) is 16.5 Å². The van der Waals surface area contributed by atoms with Gasteiger partial charge in [0.25, 0.3) is 0 Å². The fourth-order valence-corrected chi connectivity index (χ4v) is 5.17. The van der Waals surface area contributed by atoms with E-state index in [9.17, 15) is 13.2 Å². The first-order chi connectivity index (χ1) is 10.6. The number of likely N-dealkylation sites (tertiary alicyclic amines) is 1. The molecule has 1 aliphatic rings. The quantitative estimate of drug-likeness (QED) is 0.812. The molecule has 2 N–H and O–H groups in total. The average Bonchev–Trinajstić information content (AvgIpc) is 2.96. The summed E-state index contributed by atoms with van der Waals surface area (Å²) in [6, 6.07) is 1.20. The molecule has 0 aliphatic carbocycles. The van der Waals surface area contributed by atoms with E-state index < -0.39 is 16.0 Å². The zero-order valence-electron chi connectivity index (χ0n) is 13.7. The smallest absolute Gasteiger partial charge is 0.336 e. The van der Waals surface area contributed by atoms with Crippen LogP contribution in [0.1, 0.15) is 44.0 Å². The van der Waals surface area contributed by atoms with E-state index in [1.165, 1.54) is 17.9 Å². The number of rotatable bonds is 6. The van der Waals surface area contributed by atoms with E-state index >= 15 is 0 Å². The summed E-state index contributed by atoms with van der Waals surface area (Å²) in [5, 5.41) is 10.2. The number of hydrogen-bond donors (Lipinski definition) is 2. The highest BCUT2D eigenvalue weighted by Crippen LogP contribution is 2.25. The van der Waals surface area contributed by atoms with Gasteiger partial charge in [-0.2, -0.15) is 0 Å². The summed E-state index contributed by atoms with van der Waals surface area (Å²) in [4.78, 5) is 13.2. The Morgan fingerprint density at radius 3 is 2.78 bits per heavy atom. The van der Waals surface area contributed by atoms with Crippen molar-refractivity contribution in [2.45, 2.75) is 43.4 Å². The maximum atomic E-state index is 12.3. The summed E-state index contributed by atoms with van der Waals surface area (Å²) in [6.07, 6.45) is 2.34. The number of nitrogens with zero attached hydrogens (tertiary/aromatic N) is 1. The van der Waals surface area contributed by atoms with Crippen LogP contribution in [0.5, 0.6) is 0 Å². The van der Waals surface area contributed by atoms with Crippen molar-refractivity contribution in [1.82, 2.24) is 9.62 Å². The van der Waals surface area contributed by atoms with Gasteiger partial charge < -0.3 is 5.11 Å². The van der Waals surface area contributed by atoms with E-state index in [0.29, 0.717) is 12.5 Å². The van der Waals surface area contributed by atoms with E-state index in [4.69, 9.17) is 5.11 Å². The molecule has 130 valence electrons. The van der Waals surface area contributed by atoms with Crippen molar-refractivity contribution in [1.29, 1.82) is 0 Å². The highest BCUT2D eigenvalue weighted by molar-refractivity contribution is 7.91. The number of nitrogens with one attached hydrogen (secondary N) is 1. The first-order valence-electron chi connectivity index (χ1n) is 7.68. The second kappa shape index (κ2) is 6.88. The SMILES string of the molecule is CC1CCCN(C(C)(C)CNS(=O)(=O)c2cc(C(=O)O)cs2)C1. The summed E-state index contributed by atoms with van der Waals surface area (Å²) in [5.74, 6) is -0.500. The second-order valence-electron chi connectivity index (χ2n) is 6.79. The lowest BCUT2D eigenvalue weighted by Gasteiger charge is -2.43. The Labute approximate surface area is 141 Å². The largest absolute Gasteiger partial charge is 0.478 e. The Morgan fingerprint density at radius 2 is 2.22 bits per heavy atom. The second-order valence-corrected chi connectivity index (χ2v) is 9.69. The highest BCUT2D eigenvalue weighted by Gasteiger charge is 2.31. The molecule has 1 unspecified atom stereocenters. The lowest BCUT2D eigenvalue weighted by Crippen LogP contribution is -2.54. The molecule has 8 heteroatoms. The molecule has 0 bridgehead atoms. The van der Waals surface area contributed by atoms with Crippen molar-refractivity contribution >= 4 is 27.3 Å². The van der Waals surface area contributed by atoms with Gasteiger partial charge in [0, 0.05) is 24.0 Å². The summed E-state index contributed by atoms with van der Waals surface area (Å²) < 4.78 is 27.4. The molecule has 0 radical (unpaired) electrons. The summed E-state index contributed by atoms with van der Waals surface area (Å²) in [5.41, 5.74) is -0.284. The van der Waals surface area contributed by atoms with Crippen LogP contribution in [0.2, 0.25) is 0 Å². The number of carbonyl (C=O) groups is 1. The normalized spacial score (nSPS) is 20.6. The van der Waals surface area contributed by atoms with Crippen LogP contribution < -0.4 is 4.72 Å². The molecule has 2 heterocycles. The lowest BCUT2D eigenvalue weighted by atomic mass is 9.94. The minimum absolute atomic E-state index is 0.000472. The van der Waals surface area contributed by atoms with Crippen LogP contribution in [-0.2, 0) is 10.0 Å². The fraction of sp³-hybridized carbons (Fsp3) is 0.667. The van der Waals surface area contributed by atoms with E-state index in [1.54, 1.807) is 0 Å². The van der Waals surface area contributed by atoms with Crippen molar-refractivity contribution in [3.63, 3.8) is 0 Å². The van der Waals surface area contributed by atoms with E-state index in [-0.39, 0.29) is 15.3 Å². The number of carboxylic acids is 1. The number of sulfonamides is 1. The van der Waals surface area contributed by atoms with Crippen LogP contribution in [0, 0.1) is 5.92 Å². The molecule has 1 aromatic rings.